The number of fused-ring (bicyclic) bond motifs is 1. The van der Waals surface area contributed by atoms with E-state index in [2.05, 4.69) is 0 Å². The van der Waals surface area contributed by atoms with E-state index in [0.29, 0.717) is 0 Å². The van der Waals surface area contributed by atoms with Crippen molar-refractivity contribution < 1.29 is 14.6 Å². The third kappa shape index (κ3) is 3.01. The summed E-state index contributed by atoms with van der Waals surface area (Å²) < 4.78 is 5.35. The SMILES string of the molecule is COc1cc(CO)cc2ccc(/C=C/C(C)=O)cc12. The van der Waals surface area contributed by atoms with Crippen LogP contribution in [-0.4, -0.2) is 18.0 Å². The van der Waals surface area contributed by atoms with Crippen molar-refractivity contribution in [2.75, 3.05) is 7.11 Å². The molecule has 0 saturated heterocycles. The normalized spacial score (nSPS) is 11.1. The van der Waals surface area contributed by atoms with Gasteiger partial charge < -0.3 is 9.84 Å². The topological polar surface area (TPSA) is 46.5 Å². The minimum Gasteiger partial charge on any atom is -0.496 e. The molecule has 98 valence electrons. The third-order valence-electron chi connectivity index (χ3n) is 2.91. The average Bonchev–Trinajstić information content (AvgIpc) is 2.43. The number of ether oxygens (including phenoxy) is 1. The zero-order valence-corrected chi connectivity index (χ0v) is 11.0. The fourth-order valence-corrected chi connectivity index (χ4v) is 1.98. The number of carbonyl (C=O) groups excluding carboxylic acids is 1. The minimum atomic E-state index is -0.0156. The van der Waals surface area contributed by atoms with Crippen LogP contribution in [0, 0.1) is 0 Å². The van der Waals surface area contributed by atoms with Crippen molar-refractivity contribution in [3.05, 3.63) is 47.5 Å². The molecule has 0 heterocycles. The number of allylic oxidation sites excluding steroid dienone is 1. The summed E-state index contributed by atoms with van der Waals surface area (Å²) in [6, 6.07) is 9.60. The lowest BCUT2D eigenvalue weighted by Gasteiger charge is -2.09. The Morgan fingerprint density at radius 1 is 1.32 bits per heavy atom. The Kier molecular flexibility index (Phi) is 3.97. The fraction of sp³-hybridized carbons (Fsp3) is 0.188. The van der Waals surface area contributed by atoms with Crippen LogP contribution >= 0.6 is 0 Å². The summed E-state index contributed by atoms with van der Waals surface area (Å²) in [4.78, 5) is 10.9. The van der Waals surface area contributed by atoms with Crippen LogP contribution in [0.1, 0.15) is 18.1 Å². The maximum atomic E-state index is 10.9. The summed E-state index contributed by atoms with van der Waals surface area (Å²) >= 11 is 0. The lowest BCUT2D eigenvalue weighted by Crippen LogP contribution is -1.90. The second-order valence-corrected chi connectivity index (χ2v) is 4.38. The first-order valence-electron chi connectivity index (χ1n) is 6.04. The molecule has 0 unspecified atom stereocenters. The monoisotopic (exact) mass is 256 g/mol. The third-order valence-corrected chi connectivity index (χ3v) is 2.91. The molecule has 1 N–H and O–H groups in total. The van der Waals surface area contributed by atoms with Gasteiger partial charge in [-0.15, -0.1) is 0 Å². The molecular formula is C16H16O3. The summed E-state index contributed by atoms with van der Waals surface area (Å²) in [7, 11) is 1.61. The molecule has 0 amide bonds. The minimum absolute atomic E-state index is 0.0156. The van der Waals surface area contributed by atoms with E-state index < -0.39 is 0 Å². The van der Waals surface area contributed by atoms with Gasteiger partial charge in [-0.2, -0.15) is 0 Å². The molecule has 0 fully saturated rings. The van der Waals surface area contributed by atoms with Crippen LogP contribution in [0.5, 0.6) is 5.75 Å². The van der Waals surface area contributed by atoms with Crippen molar-refractivity contribution in [1.29, 1.82) is 0 Å². The number of hydrogen-bond acceptors (Lipinski definition) is 3. The molecule has 3 nitrogen and oxygen atoms in total. The molecule has 19 heavy (non-hydrogen) atoms. The van der Waals surface area contributed by atoms with Crippen molar-refractivity contribution in [2.24, 2.45) is 0 Å². The van der Waals surface area contributed by atoms with Gasteiger partial charge in [0.05, 0.1) is 13.7 Å². The Hall–Kier alpha value is -2.13. The molecular weight excluding hydrogens is 240 g/mol. The molecule has 2 aromatic carbocycles. The highest BCUT2D eigenvalue weighted by molar-refractivity contribution is 5.94. The smallest absolute Gasteiger partial charge is 0.152 e. The molecule has 0 radical (unpaired) electrons. The van der Waals surface area contributed by atoms with Crippen molar-refractivity contribution >= 4 is 22.6 Å². The molecule has 0 spiro atoms. The lowest BCUT2D eigenvalue weighted by atomic mass is 10.0. The summed E-state index contributed by atoms with van der Waals surface area (Å²) in [6.45, 7) is 1.50. The predicted octanol–water partition coefficient (Wildman–Crippen LogP) is 2.94. The molecule has 2 aromatic rings. The quantitative estimate of drug-likeness (QED) is 0.855. The van der Waals surface area contributed by atoms with E-state index in [0.717, 1.165) is 27.6 Å². The van der Waals surface area contributed by atoms with Gasteiger partial charge in [0.1, 0.15) is 5.75 Å². The van der Waals surface area contributed by atoms with Crippen LogP contribution < -0.4 is 4.74 Å². The molecule has 0 aliphatic heterocycles. The Bertz CT molecular complexity index is 642. The number of hydrogen-bond donors (Lipinski definition) is 1. The van der Waals surface area contributed by atoms with Gasteiger partial charge in [0.25, 0.3) is 0 Å². The van der Waals surface area contributed by atoms with E-state index in [9.17, 15) is 9.90 Å². The molecule has 0 atom stereocenters. The van der Waals surface area contributed by atoms with E-state index in [-0.39, 0.29) is 12.4 Å². The second-order valence-electron chi connectivity index (χ2n) is 4.38. The van der Waals surface area contributed by atoms with Crippen molar-refractivity contribution in [3.63, 3.8) is 0 Å². The standard InChI is InChI=1S/C16H16O3/c1-11(18)3-4-12-5-6-14-7-13(10-17)9-16(19-2)15(14)8-12/h3-9,17H,10H2,1-2H3/b4-3+. The molecule has 0 saturated carbocycles. The van der Waals surface area contributed by atoms with Crippen molar-refractivity contribution in [1.82, 2.24) is 0 Å². The highest BCUT2D eigenvalue weighted by Gasteiger charge is 2.04. The van der Waals surface area contributed by atoms with Crippen LogP contribution in [0.4, 0.5) is 0 Å². The zero-order valence-electron chi connectivity index (χ0n) is 11.0. The molecule has 3 heteroatoms. The predicted molar refractivity (Wildman–Crippen MR) is 76.1 cm³/mol. The van der Waals surface area contributed by atoms with Crippen LogP contribution in [0.3, 0.4) is 0 Å². The van der Waals surface area contributed by atoms with Crippen LogP contribution in [0.2, 0.25) is 0 Å². The van der Waals surface area contributed by atoms with Crippen LogP contribution in [0.15, 0.2) is 36.4 Å². The molecule has 0 aliphatic rings. The first-order chi connectivity index (χ1) is 9.13. The highest BCUT2D eigenvalue weighted by atomic mass is 16.5. The zero-order chi connectivity index (χ0) is 13.8. The maximum absolute atomic E-state index is 10.9. The maximum Gasteiger partial charge on any atom is 0.152 e. The Morgan fingerprint density at radius 3 is 2.74 bits per heavy atom. The fourth-order valence-electron chi connectivity index (χ4n) is 1.98. The first kappa shape index (κ1) is 13.3. The lowest BCUT2D eigenvalue weighted by molar-refractivity contribution is -0.112. The summed E-state index contributed by atoms with van der Waals surface area (Å²) in [6.07, 6.45) is 3.32. The highest BCUT2D eigenvalue weighted by Crippen LogP contribution is 2.29. The average molecular weight is 256 g/mol. The summed E-state index contributed by atoms with van der Waals surface area (Å²) in [5.41, 5.74) is 1.76. The largest absolute Gasteiger partial charge is 0.496 e. The number of rotatable bonds is 4. The van der Waals surface area contributed by atoms with Crippen molar-refractivity contribution in [3.8, 4) is 5.75 Å². The van der Waals surface area contributed by atoms with Gasteiger partial charge in [0.15, 0.2) is 5.78 Å². The molecule has 2 rings (SSSR count). The first-order valence-corrected chi connectivity index (χ1v) is 6.04. The van der Waals surface area contributed by atoms with Gasteiger partial charge in [0.2, 0.25) is 0 Å². The number of carbonyl (C=O) groups is 1. The van der Waals surface area contributed by atoms with E-state index in [4.69, 9.17) is 4.74 Å². The van der Waals surface area contributed by atoms with E-state index in [1.807, 2.05) is 30.3 Å². The van der Waals surface area contributed by atoms with Crippen molar-refractivity contribution in [2.45, 2.75) is 13.5 Å². The number of ketones is 1. The Labute approximate surface area is 112 Å². The van der Waals surface area contributed by atoms with E-state index in [1.54, 1.807) is 13.2 Å². The van der Waals surface area contributed by atoms with Crippen LogP contribution in [0.25, 0.3) is 16.8 Å². The number of methoxy groups -OCH3 is 1. The Morgan fingerprint density at radius 2 is 2.11 bits per heavy atom. The van der Waals surface area contributed by atoms with Gasteiger partial charge in [-0.25, -0.2) is 0 Å². The summed E-state index contributed by atoms with van der Waals surface area (Å²) in [5, 5.41) is 11.2. The Balaban J connectivity index is 2.55. The summed E-state index contributed by atoms with van der Waals surface area (Å²) in [5.74, 6) is 0.738. The van der Waals surface area contributed by atoms with Gasteiger partial charge in [-0.3, -0.25) is 4.79 Å². The van der Waals surface area contributed by atoms with Gasteiger partial charge >= 0.3 is 0 Å². The van der Waals surface area contributed by atoms with E-state index in [1.165, 1.54) is 13.0 Å². The molecule has 0 aliphatic carbocycles. The van der Waals surface area contributed by atoms with Gasteiger partial charge in [-0.1, -0.05) is 18.2 Å². The molecule has 0 bridgehead atoms. The molecule has 0 aromatic heterocycles. The van der Waals surface area contributed by atoms with Gasteiger partial charge in [0, 0.05) is 5.39 Å². The van der Waals surface area contributed by atoms with Gasteiger partial charge in [-0.05, 0) is 47.7 Å². The number of aliphatic hydroxyl groups excluding tert-OH is 1. The number of aliphatic hydroxyl groups is 1. The van der Waals surface area contributed by atoms with Crippen LogP contribution in [-0.2, 0) is 11.4 Å². The number of benzene rings is 2. The van der Waals surface area contributed by atoms with E-state index >= 15 is 0 Å². The second kappa shape index (κ2) is 5.67.